The number of hydrogen-bond acceptors (Lipinski definition) is 1. The van der Waals surface area contributed by atoms with Crippen molar-refractivity contribution >= 4 is 104 Å². The molecule has 7 aromatic rings. The maximum absolute atomic E-state index is 5.85. The van der Waals surface area contributed by atoms with Gasteiger partial charge in [-0.15, -0.1) is 0 Å². The zero-order valence-electron chi connectivity index (χ0n) is 26.1. The van der Waals surface area contributed by atoms with Crippen LogP contribution in [0.25, 0.3) is 27.5 Å². The van der Waals surface area contributed by atoms with Crippen LogP contribution in [0.4, 0.5) is 0 Å². The van der Waals surface area contributed by atoms with Crippen LogP contribution in [0.3, 0.4) is 0 Å². The van der Waals surface area contributed by atoms with Crippen molar-refractivity contribution in [2.45, 2.75) is 5.41 Å². The minimum atomic E-state index is -2.37. The van der Waals surface area contributed by atoms with Crippen molar-refractivity contribution in [3.63, 3.8) is 0 Å². The van der Waals surface area contributed by atoms with Crippen LogP contribution in [0.1, 0.15) is 22.3 Å². The van der Waals surface area contributed by atoms with E-state index < -0.39 is 11.8 Å². The van der Waals surface area contributed by atoms with E-state index >= 15 is 0 Å². The molecular formula is C37H23B7N2P2-. The number of fused-ring (bicyclic) bond motifs is 9. The third-order valence-electron chi connectivity index (χ3n) is 12.6. The number of para-hydroxylation sites is 1. The molecule has 2 nitrogen and oxygen atoms in total. The quantitative estimate of drug-likeness (QED) is 0.190. The van der Waals surface area contributed by atoms with Gasteiger partial charge in [0.05, 0.1) is 0 Å². The summed E-state index contributed by atoms with van der Waals surface area (Å²) in [5.41, 5.74) is 13.3. The third-order valence-corrected chi connectivity index (χ3v) is 21.0. The molecule has 6 aliphatic rings. The van der Waals surface area contributed by atoms with E-state index in [1.54, 1.807) is 0 Å². The molecule has 7 heterocycles. The molecule has 1 aromatic heterocycles. The zero-order chi connectivity index (χ0) is 31.0. The van der Waals surface area contributed by atoms with Gasteiger partial charge in [-0.2, -0.15) is 0 Å². The minimum absolute atomic E-state index is 0.137. The number of nitrogens with zero attached hydrogens (tertiary/aromatic N) is 2. The molecule has 6 aromatic carbocycles. The second-order valence-electron chi connectivity index (χ2n) is 14.7. The average Bonchev–Trinajstić information content (AvgIpc) is 4.06. The van der Waals surface area contributed by atoms with Crippen molar-refractivity contribution in [1.29, 1.82) is 0 Å². The molecule has 0 atom stereocenters. The summed E-state index contributed by atoms with van der Waals surface area (Å²) in [4.78, 5) is 0. The molecular weight excluding hydrogens is 610 g/mol. The van der Waals surface area contributed by atoms with Crippen LogP contribution in [0, 0.1) is 0 Å². The molecule has 48 heavy (non-hydrogen) atoms. The Hall–Kier alpha value is -3.90. The number of hydrogen-bond donors (Lipinski definition) is 0. The predicted molar refractivity (Wildman–Crippen MR) is 214 cm³/mol. The molecule has 0 saturated carbocycles. The maximum atomic E-state index is 5.85. The van der Waals surface area contributed by atoms with Crippen molar-refractivity contribution in [2.24, 2.45) is 4.52 Å². The monoisotopic (exact) mass is 634 g/mol. The summed E-state index contributed by atoms with van der Waals surface area (Å²) in [6.07, 6.45) is -0.105. The Labute approximate surface area is 284 Å². The van der Waals surface area contributed by atoms with Gasteiger partial charge in [0, 0.05) is 0 Å². The van der Waals surface area contributed by atoms with E-state index in [-0.39, 0.29) is 14.2 Å². The van der Waals surface area contributed by atoms with E-state index in [4.69, 9.17) is 4.52 Å². The fourth-order valence-electron chi connectivity index (χ4n) is 10.0. The molecule has 0 spiro atoms. The van der Waals surface area contributed by atoms with Crippen molar-refractivity contribution in [3.05, 3.63) is 162 Å². The van der Waals surface area contributed by atoms with E-state index in [1.165, 1.54) is 71.4 Å². The SMILES string of the molecule is [B]1B2[B-]P12(N=[P+]1B2[B-]B21)c1cc2c3c(c1)c1ccccc1n3-c1cccc3c1B2c1ccccc1C3(c1ccccc1)c1ccccc1. The average molecular weight is 633 g/mol. The Morgan fingerprint density at radius 3 is 2.06 bits per heavy atom. The van der Waals surface area contributed by atoms with Gasteiger partial charge in [-0.25, -0.2) is 0 Å². The molecule has 0 N–H and O–H groups in total. The van der Waals surface area contributed by atoms with Crippen molar-refractivity contribution in [3.8, 4) is 5.69 Å². The Morgan fingerprint density at radius 1 is 0.688 bits per heavy atom. The van der Waals surface area contributed by atoms with Gasteiger partial charge in [0.15, 0.2) is 0 Å². The Morgan fingerprint density at radius 2 is 1.35 bits per heavy atom. The van der Waals surface area contributed by atoms with Crippen LogP contribution in [0.2, 0.25) is 0 Å². The molecule has 11 heteroatoms. The molecule has 0 amide bonds. The summed E-state index contributed by atoms with van der Waals surface area (Å²) in [6, 6.07) is 53.3. The van der Waals surface area contributed by atoms with Crippen LogP contribution in [-0.2, 0) is 5.41 Å². The topological polar surface area (TPSA) is 17.3 Å². The number of rotatable bonds is 4. The van der Waals surface area contributed by atoms with Gasteiger partial charge in [-0.3, -0.25) is 0 Å². The number of aromatic nitrogens is 1. The second kappa shape index (κ2) is 8.27. The fraction of sp³-hybridized carbons (Fsp3) is 0.0270. The molecule has 0 unspecified atom stereocenters. The van der Waals surface area contributed by atoms with E-state index in [2.05, 4.69) is 165 Å². The zero-order valence-corrected chi connectivity index (χ0v) is 27.9. The Kier molecular flexibility index (Phi) is 4.49. The van der Waals surface area contributed by atoms with Gasteiger partial charge >= 0.3 is 286 Å². The summed E-state index contributed by atoms with van der Waals surface area (Å²) < 4.78 is 8.45. The first-order valence-electron chi connectivity index (χ1n) is 17.2. The standard InChI is InChI=1S/C37H23B7N2P2/c1-3-12-24(13-4-1)37(25-14-5-2-6-15-25)29-17-8-9-19-31(29)41-32-23-26(48(39-42(48)40-48)45-47-43-38-44(43)47)22-28-27-16-7-10-20-33(27)46(36(28)32)34-21-11-18-30(37)35(34)41/h1-23H/q-1. The summed E-state index contributed by atoms with van der Waals surface area (Å²) in [6.45, 7) is 5.45. The fourth-order valence-corrected chi connectivity index (χ4v) is 19.1. The van der Waals surface area contributed by atoms with E-state index in [1.807, 2.05) is 0 Å². The molecule has 0 aliphatic carbocycles. The summed E-state index contributed by atoms with van der Waals surface area (Å²) in [7, 11) is 2.37. The molecule has 213 valence electrons. The number of benzene rings is 6. The van der Waals surface area contributed by atoms with Crippen LogP contribution in [-0.4, -0.2) is 50.8 Å². The summed E-state index contributed by atoms with van der Waals surface area (Å²) in [5.74, 6) is 0. The Balaban J connectivity index is 1.20. The van der Waals surface area contributed by atoms with Gasteiger partial charge in [0.2, 0.25) is 0 Å². The second-order valence-corrected chi connectivity index (χ2v) is 21.7. The summed E-state index contributed by atoms with van der Waals surface area (Å²) in [5, 5.41) is 4.26. The molecule has 13 rings (SSSR count). The third kappa shape index (κ3) is 2.85. The van der Waals surface area contributed by atoms with E-state index in [0.29, 0.717) is 6.21 Å². The van der Waals surface area contributed by atoms with Gasteiger partial charge < -0.3 is 0 Å². The molecule has 0 bridgehead atoms. The predicted octanol–water partition coefficient (Wildman–Crippen LogP) is 5.11. The molecule has 6 aliphatic heterocycles. The Bertz CT molecular complexity index is 2620. The first kappa shape index (κ1) is 26.0. The first-order valence-corrected chi connectivity index (χ1v) is 21.1. The van der Waals surface area contributed by atoms with Gasteiger partial charge in [-0.05, 0) is 0 Å². The van der Waals surface area contributed by atoms with Gasteiger partial charge in [0.25, 0.3) is 0 Å². The molecule has 5 radical (unpaired) electrons. The van der Waals surface area contributed by atoms with E-state index in [0.717, 1.165) is 12.4 Å². The molecule has 4 saturated heterocycles. The van der Waals surface area contributed by atoms with Crippen molar-refractivity contribution in [1.82, 2.24) is 4.57 Å². The van der Waals surface area contributed by atoms with Crippen LogP contribution >= 0.6 is 13.9 Å². The van der Waals surface area contributed by atoms with E-state index in [9.17, 15) is 0 Å². The summed E-state index contributed by atoms with van der Waals surface area (Å²) >= 11 is 0. The van der Waals surface area contributed by atoms with Gasteiger partial charge in [-0.1, -0.05) is 0 Å². The first-order chi connectivity index (χ1) is 23.7. The van der Waals surface area contributed by atoms with Crippen molar-refractivity contribution in [2.75, 3.05) is 0 Å². The molecule has 4 fully saturated rings. The van der Waals surface area contributed by atoms with Crippen LogP contribution in [0.5, 0.6) is 0 Å². The normalized spacial score (nSPS) is 20.5. The van der Waals surface area contributed by atoms with Crippen molar-refractivity contribution < 1.29 is 0 Å². The van der Waals surface area contributed by atoms with Gasteiger partial charge in [0.1, 0.15) is 0 Å². The van der Waals surface area contributed by atoms with Crippen LogP contribution in [0.15, 0.2) is 144 Å². The van der Waals surface area contributed by atoms with Crippen LogP contribution < -0.4 is 21.7 Å².